The first-order valence-electron chi connectivity index (χ1n) is 8.80. The first-order chi connectivity index (χ1) is 12.2. The van der Waals surface area contributed by atoms with Gasteiger partial charge < -0.3 is 14.2 Å². The van der Waals surface area contributed by atoms with Crippen LogP contribution in [-0.2, 0) is 22.6 Å². The summed E-state index contributed by atoms with van der Waals surface area (Å²) in [7, 11) is 0. The van der Waals surface area contributed by atoms with Gasteiger partial charge in [-0.15, -0.1) is 0 Å². The minimum atomic E-state index is 0.128. The number of carbonyl (C=O) groups is 1. The van der Waals surface area contributed by atoms with Crippen LogP contribution in [-0.4, -0.2) is 39.6 Å². The molecule has 1 aliphatic heterocycles. The summed E-state index contributed by atoms with van der Waals surface area (Å²) >= 11 is 6.27. The predicted octanol–water partition coefficient (Wildman–Crippen LogP) is 3.50. The SMILES string of the molecule is CCC(=O)N(Cc1nccn1Cc1ccccc1Cl)CC1CCCO1. The van der Waals surface area contributed by atoms with Gasteiger partial charge in [0.2, 0.25) is 5.91 Å². The third-order valence-electron chi connectivity index (χ3n) is 4.54. The molecule has 6 heteroatoms. The zero-order valence-electron chi connectivity index (χ0n) is 14.5. The van der Waals surface area contributed by atoms with Gasteiger partial charge in [0.05, 0.1) is 19.2 Å². The summed E-state index contributed by atoms with van der Waals surface area (Å²) in [6.45, 7) is 4.44. The quantitative estimate of drug-likeness (QED) is 0.758. The average molecular weight is 362 g/mol. The zero-order valence-corrected chi connectivity index (χ0v) is 15.3. The number of halogens is 1. The van der Waals surface area contributed by atoms with E-state index in [0.717, 1.165) is 35.9 Å². The molecule has 0 N–H and O–H groups in total. The Bertz CT molecular complexity index is 710. The van der Waals surface area contributed by atoms with E-state index in [0.29, 0.717) is 26.1 Å². The molecule has 0 spiro atoms. The summed E-state index contributed by atoms with van der Waals surface area (Å²) in [5.74, 6) is 0.988. The molecule has 5 nitrogen and oxygen atoms in total. The molecule has 1 unspecified atom stereocenters. The summed E-state index contributed by atoms with van der Waals surface area (Å²) in [6.07, 6.45) is 6.41. The second kappa shape index (κ2) is 8.50. The van der Waals surface area contributed by atoms with Crippen LogP contribution in [0.4, 0.5) is 0 Å². The number of imidazole rings is 1. The van der Waals surface area contributed by atoms with E-state index in [9.17, 15) is 4.79 Å². The monoisotopic (exact) mass is 361 g/mol. The topological polar surface area (TPSA) is 47.4 Å². The number of amides is 1. The normalized spacial score (nSPS) is 17.0. The molecular weight excluding hydrogens is 338 g/mol. The van der Waals surface area contributed by atoms with Gasteiger partial charge in [-0.25, -0.2) is 4.98 Å². The number of rotatable bonds is 7. The van der Waals surface area contributed by atoms with Crippen LogP contribution in [0.3, 0.4) is 0 Å². The molecule has 2 heterocycles. The van der Waals surface area contributed by atoms with Gasteiger partial charge in [0.25, 0.3) is 0 Å². The van der Waals surface area contributed by atoms with E-state index in [4.69, 9.17) is 16.3 Å². The average Bonchev–Trinajstić information content (AvgIpc) is 3.28. The fraction of sp³-hybridized carbons (Fsp3) is 0.474. The van der Waals surface area contributed by atoms with Crippen LogP contribution in [0.1, 0.15) is 37.6 Å². The molecule has 1 aliphatic rings. The zero-order chi connectivity index (χ0) is 17.6. The van der Waals surface area contributed by atoms with Crippen LogP contribution in [0.2, 0.25) is 5.02 Å². The van der Waals surface area contributed by atoms with Crippen molar-refractivity contribution >= 4 is 17.5 Å². The number of ether oxygens (including phenoxy) is 1. The Hall–Kier alpha value is -1.85. The minimum Gasteiger partial charge on any atom is -0.376 e. The van der Waals surface area contributed by atoms with Crippen molar-refractivity contribution in [2.45, 2.75) is 45.4 Å². The lowest BCUT2D eigenvalue weighted by molar-refractivity contribution is -0.133. The Morgan fingerprint density at radius 2 is 2.28 bits per heavy atom. The van der Waals surface area contributed by atoms with E-state index in [-0.39, 0.29) is 12.0 Å². The number of benzene rings is 1. The van der Waals surface area contributed by atoms with E-state index in [1.54, 1.807) is 6.20 Å². The third-order valence-corrected chi connectivity index (χ3v) is 4.90. The number of aromatic nitrogens is 2. The van der Waals surface area contributed by atoms with Gasteiger partial charge in [0.15, 0.2) is 0 Å². The van der Waals surface area contributed by atoms with Crippen molar-refractivity contribution < 1.29 is 9.53 Å². The molecular formula is C19H24ClN3O2. The first-order valence-corrected chi connectivity index (χ1v) is 9.18. The fourth-order valence-corrected chi connectivity index (χ4v) is 3.32. The number of hydrogen-bond donors (Lipinski definition) is 0. The third kappa shape index (κ3) is 4.61. The van der Waals surface area contributed by atoms with Gasteiger partial charge in [-0.1, -0.05) is 36.7 Å². The molecule has 1 aromatic carbocycles. The van der Waals surface area contributed by atoms with Crippen LogP contribution in [0.15, 0.2) is 36.7 Å². The van der Waals surface area contributed by atoms with E-state index in [1.807, 2.05) is 46.9 Å². The smallest absolute Gasteiger partial charge is 0.222 e. The molecule has 0 saturated carbocycles. The maximum atomic E-state index is 12.4. The second-order valence-electron chi connectivity index (χ2n) is 6.33. The Labute approximate surface area is 153 Å². The molecule has 1 amide bonds. The first kappa shape index (κ1) is 18.0. The van der Waals surface area contributed by atoms with Crippen molar-refractivity contribution in [3.05, 3.63) is 53.1 Å². The fourth-order valence-electron chi connectivity index (χ4n) is 3.13. The van der Waals surface area contributed by atoms with Gasteiger partial charge in [-0.05, 0) is 24.5 Å². The molecule has 0 bridgehead atoms. The van der Waals surface area contributed by atoms with Crippen molar-refractivity contribution in [1.29, 1.82) is 0 Å². The van der Waals surface area contributed by atoms with Gasteiger partial charge in [0, 0.05) is 37.0 Å². The molecule has 0 aliphatic carbocycles. The minimum absolute atomic E-state index is 0.128. The van der Waals surface area contributed by atoms with Crippen LogP contribution >= 0.6 is 11.6 Å². The standard InChI is InChI=1S/C19H24ClN3O2/c1-2-19(24)23(13-16-7-5-11-25-16)14-18-21-9-10-22(18)12-15-6-3-4-8-17(15)20/h3-4,6,8-10,16H,2,5,7,11-14H2,1H3. The van der Waals surface area contributed by atoms with Gasteiger partial charge in [-0.3, -0.25) is 4.79 Å². The molecule has 1 saturated heterocycles. The van der Waals surface area contributed by atoms with Crippen LogP contribution in [0.25, 0.3) is 0 Å². The van der Waals surface area contributed by atoms with E-state index >= 15 is 0 Å². The summed E-state index contributed by atoms with van der Waals surface area (Å²) in [5.41, 5.74) is 1.04. The van der Waals surface area contributed by atoms with Crippen molar-refractivity contribution in [3.63, 3.8) is 0 Å². The van der Waals surface area contributed by atoms with Gasteiger partial charge in [0.1, 0.15) is 5.82 Å². The molecule has 25 heavy (non-hydrogen) atoms. The summed E-state index contributed by atoms with van der Waals surface area (Å²) in [5, 5.41) is 0.739. The second-order valence-corrected chi connectivity index (χ2v) is 6.73. The largest absolute Gasteiger partial charge is 0.376 e. The number of carbonyl (C=O) groups excluding carboxylic acids is 1. The van der Waals surface area contributed by atoms with E-state index in [2.05, 4.69) is 4.98 Å². The van der Waals surface area contributed by atoms with E-state index < -0.39 is 0 Å². The molecule has 1 fully saturated rings. The van der Waals surface area contributed by atoms with Gasteiger partial charge >= 0.3 is 0 Å². The molecule has 0 radical (unpaired) electrons. The van der Waals surface area contributed by atoms with Crippen molar-refractivity contribution in [2.24, 2.45) is 0 Å². The molecule has 3 rings (SSSR count). The Morgan fingerprint density at radius 1 is 1.44 bits per heavy atom. The van der Waals surface area contributed by atoms with Crippen LogP contribution in [0.5, 0.6) is 0 Å². The summed E-state index contributed by atoms with van der Waals surface area (Å²) in [4.78, 5) is 18.7. The highest BCUT2D eigenvalue weighted by atomic mass is 35.5. The molecule has 134 valence electrons. The van der Waals surface area contributed by atoms with Crippen LogP contribution in [0, 0.1) is 0 Å². The molecule has 2 aromatic rings. The number of nitrogens with zero attached hydrogens (tertiary/aromatic N) is 3. The lowest BCUT2D eigenvalue weighted by Crippen LogP contribution is -2.37. The maximum absolute atomic E-state index is 12.4. The van der Waals surface area contributed by atoms with Crippen LogP contribution < -0.4 is 0 Å². The predicted molar refractivity (Wildman–Crippen MR) is 97.5 cm³/mol. The lowest BCUT2D eigenvalue weighted by Gasteiger charge is -2.25. The lowest BCUT2D eigenvalue weighted by atomic mass is 10.2. The Balaban J connectivity index is 1.73. The molecule has 1 atom stereocenters. The number of hydrogen-bond acceptors (Lipinski definition) is 3. The highest BCUT2D eigenvalue weighted by molar-refractivity contribution is 6.31. The summed E-state index contributed by atoms with van der Waals surface area (Å²) < 4.78 is 7.75. The maximum Gasteiger partial charge on any atom is 0.222 e. The van der Waals surface area contributed by atoms with Gasteiger partial charge in [-0.2, -0.15) is 0 Å². The van der Waals surface area contributed by atoms with Crippen molar-refractivity contribution in [2.75, 3.05) is 13.2 Å². The molecule has 1 aromatic heterocycles. The Kier molecular flexibility index (Phi) is 6.10. The van der Waals surface area contributed by atoms with E-state index in [1.165, 1.54) is 0 Å². The van der Waals surface area contributed by atoms with Crippen molar-refractivity contribution in [3.8, 4) is 0 Å². The Morgan fingerprint density at radius 3 is 3.00 bits per heavy atom. The highest BCUT2D eigenvalue weighted by Crippen LogP contribution is 2.19. The van der Waals surface area contributed by atoms with Crippen molar-refractivity contribution in [1.82, 2.24) is 14.5 Å². The highest BCUT2D eigenvalue weighted by Gasteiger charge is 2.23. The summed E-state index contributed by atoms with van der Waals surface area (Å²) in [6, 6.07) is 7.79.